The highest BCUT2D eigenvalue weighted by molar-refractivity contribution is 8.22. The summed E-state index contributed by atoms with van der Waals surface area (Å²) in [5.41, 5.74) is -0.0378. The van der Waals surface area contributed by atoms with Crippen molar-refractivity contribution in [3.8, 4) is 5.75 Å². The fraction of sp³-hybridized carbons (Fsp3) is 0.550. The fourth-order valence-corrected chi connectivity index (χ4v) is 5.11. The Morgan fingerprint density at radius 1 is 1.27 bits per heavy atom. The average Bonchev–Trinajstić information content (AvgIpc) is 2.67. The van der Waals surface area contributed by atoms with Gasteiger partial charge in [-0.25, -0.2) is 4.79 Å². The van der Waals surface area contributed by atoms with Crippen LogP contribution in [-0.4, -0.2) is 36.8 Å². The van der Waals surface area contributed by atoms with Gasteiger partial charge in [-0.3, -0.25) is 0 Å². The molecule has 0 bridgehead atoms. The maximum absolute atomic E-state index is 12.7. The van der Waals surface area contributed by atoms with Gasteiger partial charge < -0.3 is 14.2 Å². The summed E-state index contributed by atoms with van der Waals surface area (Å²) in [4.78, 5) is 12.7. The molecule has 144 valence electrons. The third-order valence-corrected chi connectivity index (χ3v) is 6.94. The van der Waals surface area contributed by atoms with Crippen molar-refractivity contribution in [3.05, 3.63) is 40.1 Å². The van der Waals surface area contributed by atoms with Gasteiger partial charge in [0.25, 0.3) is 0 Å². The molecular weight excluding hydrogens is 368 g/mol. The van der Waals surface area contributed by atoms with Gasteiger partial charge in [-0.1, -0.05) is 25.1 Å². The lowest BCUT2D eigenvalue weighted by molar-refractivity contribution is -0.176. The second-order valence-electron chi connectivity index (χ2n) is 6.29. The molecule has 0 aliphatic carbocycles. The van der Waals surface area contributed by atoms with Crippen LogP contribution in [0, 0.1) is 5.92 Å². The number of carbonyl (C=O) groups is 1. The van der Waals surface area contributed by atoms with Crippen molar-refractivity contribution in [3.63, 3.8) is 0 Å². The zero-order chi connectivity index (χ0) is 19.0. The number of benzene rings is 1. The van der Waals surface area contributed by atoms with E-state index in [9.17, 15) is 4.79 Å². The second-order valence-corrected chi connectivity index (χ2v) is 8.82. The highest BCUT2D eigenvalue weighted by atomic mass is 32.2. The molecular formula is C20H28O4S2. The summed E-state index contributed by atoms with van der Waals surface area (Å²) in [6, 6.07) is 7.67. The van der Waals surface area contributed by atoms with E-state index in [1.54, 1.807) is 7.11 Å². The van der Waals surface area contributed by atoms with Crippen LogP contribution in [0.25, 0.3) is 0 Å². The van der Waals surface area contributed by atoms with Gasteiger partial charge in [-0.15, -0.1) is 23.5 Å². The Morgan fingerprint density at radius 3 is 2.50 bits per heavy atom. The molecule has 1 aliphatic rings. The maximum Gasteiger partial charge on any atom is 0.338 e. The van der Waals surface area contributed by atoms with E-state index >= 15 is 0 Å². The Balaban J connectivity index is 2.13. The van der Waals surface area contributed by atoms with Gasteiger partial charge in [0.2, 0.25) is 0 Å². The molecule has 0 N–H and O–H groups in total. The summed E-state index contributed by atoms with van der Waals surface area (Å²) in [7, 11) is 1.64. The number of carbonyl (C=O) groups excluding carboxylic acids is 1. The molecule has 2 rings (SSSR count). The summed E-state index contributed by atoms with van der Waals surface area (Å²) in [6.07, 6.45) is 3.38. The summed E-state index contributed by atoms with van der Waals surface area (Å²) in [5.74, 6) is 2.66. The third-order valence-electron chi connectivity index (χ3n) is 4.41. The van der Waals surface area contributed by atoms with Crippen LogP contribution < -0.4 is 4.74 Å². The fourth-order valence-electron chi connectivity index (χ4n) is 2.51. The Kier molecular flexibility index (Phi) is 8.38. The quantitative estimate of drug-likeness (QED) is 0.584. The van der Waals surface area contributed by atoms with Gasteiger partial charge in [-0.2, -0.15) is 0 Å². The lowest BCUT2D eigenvalue weighted by Crippen LogP contribution is -2.45. The van der Waals surface area contributed by atoms with Gasteiger partial charge in [-0.05, 0) is 49.5 Å². The van der Waals surface area contributed by atoms with Crippen molar-refractivity contribution in [2.75, 3.05) is 25.2 Å². The molecule has 0 aromatic heterocycles. The summed E-state index contributed by atoms with van der Waals surface area (Å²) in [5, 5.41) is 0. The van der Waals surface area contributed by atoms with Crippen molar-refractivity contribution in [2.24, 2.45) is 5.92 Å². The number of hydrogen-bond donors (Lipinski definition) is 0. The SMILES string of the molecule is CCOC(=O)[C@@](C)(OCc1ccc(OC)cc1)[C@H](C)C=C1SCCCS1. The van der Waals surface area contributed by atoms with E-state index < -0.39 is 5.60 Å². The Morgan fingerprint density at radius 2 is 1.92 bits per heavy atom. The first-order chi connectivity index (χ1) is 12.5. The second kappa shape index (κ2) is 10.3. The topological polar surface area (TPSA) is 44.8 Å². The lowest BCUT2D eigenvalue weighted by atomic mass is 9.90. The van der Waals surface area contributed by atoms with Crippen LogP contribution in [0.2, 0.25) is 0 Å². The summed E-state index contributed by atoms with van der Waals surface area (Å²) >= 11 is 3.71. The van der Waals surface area contributed by atoms with Crippen LogP contribution >= 0.6 is 23.5 Å². The Hall–Kier alpha value is -1.11. The van der Waals surface area contributed by atoms with Crippen molar-refractivity contribution < 1.29 is 19.0 Å². The molecule has 1 fully saturated rings. The van der Waals surface area contributed by atoms with E-state index in [0.717, 1.165) is 22.8 Å². The minimum Gasteiger partial charge on any atom is -0.497 e. The number of ether oxygens (including phenoxy) is 3. The molecule has 1 aromatic carbocycles. The molecule has 26 heavy (non-hydrogen) atoms. The average molecular weight is 397 g/mol. The van der Waals surface area contributed by atoms with E-state index in [1.165, 1.54) is 10.7 Å². The van der Waals surface area contributed by atoms with Gasteiger partial charge in [0.15, 0.2) is 5.60 Å². The van der Waals surface area contributed by atoms with E-state index in [-0.39, 0.29) is 11.9 Å². The van der Waals surface area contributed by atoms with Crippen molar-refractivity contribution in [1.82, 2.24) is 0 Å². The molecule has 2 atom stereocenters. The summed E-state index contributed by atoms with van der Waals surface area (Å²) in [6.45, 7) is 6.35. The van der Waals surface area contributed by atoms with Crippen molar-refractivity contribution in [1.29, 1.82) is 0 Å². The van der Waals surface area contributed by atoms with Gasteiger partial charge in [0.05, 0.1) is 20.3 Å². The van der Waals surface area contributed by atoms with Gasteiger partial charge in [0.1, 0.15) is 5.75 Å². The zero-order valence-electron chi connectivity index (χ0n) is 15.9. The van der Waals surface area contributed by atoms with E-state index in [1.807, 2.05) is 68.6 Å². The van der Waals surface area contributed by atoms with Crippen molar-refractivity contribution >= 4 is 29.5 Å². The first-order valence-electron chi connectivity index (χ1n) is 8.91. The largest absolute Gasteiger partial charge is 0.497 e. The Labute approximate surface area is 165 Å². The van der Waals surface area contributed by atoms with Gasteiger partial charge in [0, 0.05) is 10.2 Å². The first kappa shape index (κ1) is 21.2. The first-order valence-corrected chi connectivity index (χ1v) is 10.9. The van der Waals surface area contributed by atoms with E-state index in [4.69, 9.17) is 14.2 Å². The standard InChI is InChI=1S/C20H28O4S2/c1-5-23-19(21)20(3,15(2)13-18-25-11-6-12-26-18)24-14-16-7-9-17(22-4)10-8-16/h7-10,13,15H,5-6,11-12,14H2,1-4H3/t15-,20+/m1/s1. The molecule has 0 unspecified atom stereocenters. The van der Waals surface area contributed by atoms with Crippen LogP contribution in [0.1, 0.15) is 32.8 Å². The maximum atomic E-state index is 12.7. The Bertz CT molecular complexity index is 607. The molecule has 0 saturated carbocycles. The molecule has 1 heterocycles. The van der Waals surface area contributed by atoms with Crippen LogP contribution in [0.3, 0.4) is 0 Å². The molecule has 4 nitrogen and oxygen atoms in total. The number of thioether (sulfide) groups is 2. The highest BCUT2D eigenvalue weighted by Crippen LogP contribution is 2.38. The smallest absolute Gasteiger partial charge is 0.338 e. The highest BCUT2D eigenvalue weighted by Gasteiger charge is 2.41. The van der Waals surface area contributed by atoms with E-state index in [2.05, 4.69) is 6.08 Å². The molecule has 6 heteroatoms. The molecule has 0 spiro atoms. The normalized spacial score (nSPS) is 17.9. The van der Waals surface area contributed by atoms with Crippen molar-refractivity contribution in [2.45, 2.75) is 39.4 Å². The molecule has 1 aliphatic heterocycles. The van der Waals surface area contributed by atoms with Gasteiger partial charge >= 0.3 is 5.97 Å². The molecule has 0 amide bonds. The third kappa shape index (κ3) is 5.69. The summed E-state index contributed by atoms with van der Waals surface area (Å²) < 4.78 is 17.9. The van der Waals surface area contributed by atoms with Crippen LogP contribution in [0.5, 0.6) is 5.75 Å². The lowest BCUT2D eigenvalue weighted by Gasteiger charge is -2.32. The molecule has 1 saturated heterocycles. The zero-order valence-corrected chi connectivity index (χ0v) is 17.6. The monoisotopic (exact) mass is 396 g/mol. The predicted octanol–water partition coefficient (Wildman–Crippen LogP) is 4.88. The predicted molar refractivity (Wildman–Crippen MR) is 110 cm³/mol. The number of methoxy groups -OCH3 is 1. The number of esters is 1. The van der Waals surface area contributed by atoms with Crippen LogP contribution in [-0.2, 0) is 20.9 Å². The van der Waals surface area contributed by atoms with Crippen LogP contribution in [0.15, 0.2) is 34.6 Å². The molecule has 0 radical (unpaired) electrons. The minimum absolute atomic E-state index is 0.0899. The number of hydrogen-bond acceptors (Lipinski definition) is 6. The van der Waals surface area contributed by atoms with Crippen LogP contribution in [0.4, 0.5) is 0 Å². The minimum atomic E-state index is -1.03. The van der Waals surface area contributed by atoms with E-state index in [0.29, 0.717) is 13.2 Å². The number of rotatable bonds is 8. The molecule has 1 aromatic rings.